The van der Waals surface area contributed by atoms with Crippen LogP contribution in [0.5, 0.6) is 11.5 Å². The van der Waals surface area contributed by atoms with Crippen molar-refractivity contribution in [1.29, 1.82) is 0 Å². The summed E-state index contributed by atoms with van der Waals surface area (Å²) in [4.78, 5) is 14.5. The summed E-state index contributed by atoms with van der Waals surface area (Å²) in [6, 6.07) is 5.53. The van der Waals surface area contributed by atoms with E-state index in [1.807, 2.05) is 30.0 Å². The Morgan fingerprint density at radius 1 is 1.21 bits per heavy atom. The van der Waals surface area contributed by atoms with Crippen LogP contribution >= 0.6 is 12.2 Å². The minimum atomic E-state index is -0.291. The molecular formula is C22H32N2O3S. The van der Waals surface area contributed by atoms with Gasteiger partial charge < -0.3 is 19.7 Å². The number of hydrogen-bond donors (Lipinski definition) is 1. The number of ketones is 1. The number of nitrogens with one attached hydrogen (secondary N) is 1. The first-order chi connectivity index (χ1) is 13.4. The minimum Gasteiger partial charge on any atom is -0.493 e. The second-order valence-corrected chi connectivity index (χ2v) is 7.44. The molecule has 1 aromatic carbocycles. The van der Waals surface area contributed by atoms with Crippen LogP contribution in [0.25, 0.3) is 0 Å². The van der Waals surface area contributed by atoms with E-state index in [1.165, 1.54) is 0 Å². The number of rotatable bonds is 10. The molecule has 6 heteroatoms. The van der Waals surface area contributed by atoms with Crippen molar-refractivity contribution >= 4 is 23.1 Å². The van der Waals surface area contributed by atoms with E-state index in [0.29, 0.717) is 17.5 Å². The Balaban J connectivity index is 2.34. The maximum atomic E-state index is 12.4. The lowest BCUT2D eigenvalue weighted by molar-refractivity contribution is -0.114. The number of unbranched alkanes of at least 4 members (excludes halogenated alkanes) is 2. The summed E-state index contributed by atoms with van der Waals surface area (Å²) >= 11 is 5.57. The van der Waals surface area contributed by atoms with Gasteiger partial charge in [0.1, 0.15) is 0 Å². The summed E-state index contributed by atoms with van der Waals surface area (Å²) in [5.74, 6) is 1.43. The van der Waals surface area contributed by atoms with Crippen molar-refractivity contribution in [3.8, 4) is 11.5 Å². The first-order valence-corrected chi connectivity index (χ1v) is 10.5. The van der Waals surface area contributed by atoms with Crippen LogP contribution < -0.4 is 14.8 Å². The average molecular weight is 405 g/mol. The molecule has 0 saturated heterocycles. The van der Waals surface area contributed by atoms with Gasteiger partial charge in [-0.1, -0.05) is 32.8 Å². The normalized spacial score (nSPS) is 16.8. The predicted molar refractivity (Wildman–Crippen MR) is 117 cm³/mol. The van der Waals surface area contributed by atoms with Crippen molar-refractivity contribution < 1.29 is 14.3 Å². The second-order valence-electron chi connectivity index (χ2n) is 7.06. The van der Waals surface area contributed by atoms with E-state index in [9.17, 15) is 4.79 Å². The zero-order chi connectivity index (χ0) is 20.7. The molecule has 0 aliphatic carbocycles. The van der Waals surface area contributed by atoms with Gasteiger partial charge in [0.25, 0.3) is 0 Å². The lowest BCUT2D eigenvalue weighted by Crippen LogP contribution is -2.47. The lowest BCUT2D eigenvalue weighted by atomic mass is 9.92. The Morgan fingerprint density at radius 2 is 1.96 bits per heavy atom. The second kappa shape index (κ2) is 10.5. The van der Waals surface area contributed by atoms with Crippen LogP contribution in [0, 0.1) is 0 Å². The molecule has 1 atom stereocenters. The molecule has 1 aromatic rings. The number of allylic oxidation sites excluding steroid dienone is 1. The van der Waals surface area contributed by atoms with Crippen LogP contribution in [-0.2, 0) is 4.79 Å². The topological polar surface area (TPSA) is 50.8 Å². The van der Waals surface area contributed by atoms with Crippen molar-refractivity contribution in [1.82, 2.24) is 10.2 Å². The van der Waals surface area contributed by atoms with E-state index in [0.717, 1.165) is 54.8 Å². The minimum absolute atomic E-state index is 0.0393. The molecule has 1 aliphatic rings. The summed E-state index contributed by atoms with van der Waals surface area (Å²) in [6.45, 7) is 9.29. The number of Topliss-reactive ketones (excluding diaryl/α,β-unsaturated/α-hetero) is 1. The molecule has 0 bridgehead atoms. The fourth-order valence-corrected chi connectivity index (χ4v) is 3.84. The van der Waals surface area contributed by atoms with Gasteiger partial charge in [0.15, 0.2) is 22.4 Å². The molecule has 5 nitrogen and oxygen atoms in total. The van der Waals surface area contributed by atoms with E-state index in [4.69, 9.17) is 21.7 Å². The summed E-state index contributed by atoms with van der Waals surface area (Å²) < 4.78 is 11.4. The molecule has 2 rings (SSSR count). The van der Waals surface area contributed by atoms with Gasteiger partial charge in [0, 0.05) is 17.8 Å². The molecule has 154 valence electrons. The Bertz CT molecular complexity index is 745. The van der Waals surface area contributed by atoms with Crippen molar-refractivity contribution in [3.05, 3.63) is 35.0 Å². The van der Waals surface area contributed by atoms with E-state index in [1.54, 1.807) is 14.0 Å². The Labute approximate surface area is 174 Å². The van der Waals surface area contributed by atoms with Crippen molar-refractivity contribution in [3.63, 3.8) is 0 Å². The van der Waals surface area contributed by atoms with Crippen molar-refractivity contribution in [2.24, 2.45) is 0 Å². The highest BCUT2D eigenvalue weighted by molar-refractivity contribution is 7.80. The summed E-state index contributed by atoms with van der Waals surface area (Å²) in [5.41, 5.74) is 2.59. The maximum Gasteiger partial charge on any atom is 0.173 e. The SMILES string of the molecule is CCCCCOc1ccc(C2NC(=S)N(CCC)C(C)=C2C(C)=O)cc1OC. The third-order valence-electron chi connectivity index (χ3n) is 4.95. The lowest BCUT2D eigenvalue weighted by Gasteiger charge is -2.37. The highest BCUT2D eigenvalue weighted by Gasteiger charge is 2.32. The van der Waals surface area contributed by atoms with Gasteiger partial charge in [-0.05, 0) is 56.6 Å². The predicted octanol–water partition coefficient (Wildman–Crippen LogP) is 4.77. The molecule has 1 N–H and O–H groups in total. The van der Waals surface area contributed by atoms with Crippen molar-refractivity contribution in [2.75, 3.05) is 20.3 Å². The first-order valence-electron chi connectivity index (χ1n) is 10.0. The molecule has 1 aliphatic heterocycles. The van der Waals surface area contributed by atoms with Gasteiger partial charge in [0.2, 0.25) is 0 Å². The quantitative estimate of drug-likeness (QED) is 0.448. The average Bonchev–Trinajstić information content (AvgIpc) is 2.67. The number of benzene rings is 1. The molecule has 0 saturated carbocycles. The van der Waals surface area contributed by atoms with Crippen LogP contribution in [0.3, 0.4) is 0 Å². The van der Waals surface area contributed by atoms with Gasteiger partial charge in [-0.2, -0.15) is 0 Å². The van der Waals surface area contributed by atoms with Crippen molar-refractivity contribution in [2.45, 2.75) is 59.4 Å². The Hall–Kier alpha value is -2.08. The van der Waals surface area contributed by atoms with Crippen LogP contribution in [0.2, 0.25) is 0 Å². The molecule has 1 heterocycles. The molecule has 0 radical (unpaired) electrons. The molecule has 0 fully saturated rings. The third kappa shape index (κ3) is 5.04. The summed E-state index contributed by atoms with van der Waals surface area (Å²) in [5, 5.41) is 3.99. The highest BCUT2D eigenvalue weighted by Crippen LogP contribution is 2.36. The molecule has 1 unspecified atom stereocenters. The first kappa shape index (κ1) is 22.2. The number of hydrogen-bond acceptors (Lipinski definition) is 4. The smallest absolute Gasteiger partial charge is 0.173 e. The number of methoxy groups -OCH3 is 1. The van der Waals surface area contributed by atoms with Gasteiger partial charge in [-0.25, -0.2) is 0 Å². The monoisotopic (exact) mass is 404 g/mol. The van der Waals surface area contributed by atoms with Crippen LogP contribution in [0.1, 0.15) is 65.0 Å². The molecule has 28 heavy (non-hydrogen) atoms. The summed E-state index contributed by atoms with van der Waals surface area (Å²) in [6.07, 6.45) is 4.27. The number of ether oxygens (including phenoxy) is 2. The molecule has 0 aromatic heterocycles. The maximum absolute atomic E-state index is 12.4. The summed E-state index contributed by atoms with van der Waals surface area (Å²) in [7, 11) is 1.63. The third-order valence-corrected chi connectivity index (χ3v) is 5.29. The number of carbonyl (C=O) groups is 1. The number of carbonyl (C=O) groups excluding carboxylic acids is 1. The molecular weight excluding hydrogens is 372 g/mol. The van der Waals surface area contributed by atoms with Crippen LogP contribution in [0.15, 0.2) is 29.5 Å². The zero-order valence-corrected chi connectivity index (χ0v) is 18.4. The van der Waals surface area contributed by atoms with E-state index in [-0.39, 0.29) is 11.8 Å². The van der Waals surface area contributed by atoms with E-state index < -0.39 is 0 Å². The largest absolute Gasteiger partial charge is 0.493 e. The zero-order valence-electron chi connectivity index (χ0n) is 17.6. The van der Waals surface area contributed by atoms with Crippen LogP contribution in [0.4, 0.5) is 0 Å². The molecule has 0 spiro atoms. The number of thiocarbonyl (C=S) groups is 1. The standard InChI is InChI=1S/C22H32N2O3S/c1-6-8-9-13-27-18-11-10-17(14-19(18)26-5)21-20(16(4)25)15(3)24(12-7-2)22(28)23-21/h10-11,14,21H,6-9,12-13H2,1-5H3,(H,23,28). The number of nitrogens with zero attached hydrogens (tertiary/aromatic N) is 1. The van der Waals surface area contributed by atoms with Crippen LogP contribution in [-0.4, -0.2) is 36.1 Å². The van der Waals surface area contributed by atoms with Gasteiger partial charge >= 0.3 is 0 Å². The van der Waals surface area contributed by atoms with Gasteiger partial charge in [-0.3, -0.25) is 4.79 Å². The van der Waals surface area contributed by atoms with Gasteiger partial charge in [0.05, 0.1) is 19.8 Å². The van der Waals surface area contributed by atoms with Gasteiger partial charge in [-0.15, -0.1) is 0 Å². The van der Waals surface area contributed by atoms with E-state index in [2.05, 4.69) is 19.2 Å². The Morgan fingerprint density at radius 3 is 2.57 bits per heavy atom. The van der Waals surface area contributed by atoms with E-state index >= 15 is 0 Å². The fraction of sp³-hybridized carbons (Fsp3) is 0.545. The Kier molecular flexibility index (Phi) is 8.30. The highest BCUT2D eigenvalue weighted by atomic mass is 32.1. The molecule has 0 amide bonds. The fourth-order valence-electron chi connectivity index (χ4n) is 3.50.